The molecule has 0 atom stereocenters. The second-order valence-electron chi connectivity index (χ2n) is 4.26. The summed E-state index contributed by atoms with van der Waals surface area (Å²) in [6.07, 6.45) is 0. The summed E-state index contributed by atoms with van der Waals surface area (Å²) in [6.45, 7) is 1.94. The van der Waals surface area contributed by atoms with E-state index < -0.39 is 0 Å². The van der Waals surface area contributed by atoms with Crippen molar-refractivity contribution in [3.8, 4) is 11.4 Å². The van der Waals surface area contributed by atoms with Crippen LogP contribution in [0.5, 0.6) is 5.75 Å². The number of aromatic hydroxyl groups is 1. The van der Waals surface area contributed by atoms with Crippen molar-refractivity contribution in [2.75, 3.05) is 0 Å². The zero-order valence-electron chi connectivity index (χ0n) is 9.96. The van der Waals surface area contributed by atoms with Crippen molar-refractivity contribution in [1.82, 2.24) is 9.55 Å². The van der Waals surface area contributed by atoms with Gasteiger partial charge in [-0.05, 0) is 31.2 Å². The van der Waals surface area contributed by atoms with Gasteiger partial charge in [0.05, 0.1) is 11.0 Å². The lowest BCUT2D eigenvalue weighted by Gasteiger charge is -2.07. The standard InChI is InChI=1S/C14H11BN2O/c1-9-16-13-7-6-12(18)8-14(13)17(9)11-4-2-10(15)3-5-11/h2-8,18H,1H3. The van der Waals surface area contributed by atoms with Gasteiger partial charge >= 0.3 is 0 Å². The third-order valence-electron chi connectivity index (χ3n) is 2.96. The average molecular weight is 234 g/mol. The third kappa shape index (κ3) is 1.66. The fraction of sp³-hybridized carbons (Fsp3) is 0.0714. The van der Waals surface area contributed by atoms with Gasteiger partial charge in [-0.25, -0.2) is 4.98 Å². The molecule has 4 heteroatoms. The predicted octanol–water partition coefficient (Wildman–Crippen LogP) is 1.83. The van der Waals surface area contributed by atoms with Gasteiger partial charge in [-0.3, -0.25) is 4.57 Å². The number of hydrogen-bond donors (Lipinski definition) is 1. The van der Waals surface area contributed by atoms with Crippen molar-refractivity contribution in [1.29, 1.82) is 0 Å². The van der Waals surface area contributed by atoms with Crippen LogP contribution in [0.1, 0.15) is 5.82 Å². The number of rotatable bonds is 1. The van der Waals surface area contributed by atoms with E-state index in [2.05, 4.69) is 4.98 Å². The smallest absolute Gasteiger partial charge is 0.117 e. The highest BCUT2D eigenvalue weighted by Crippen LogP contribution is 2.24. The lowest BCUT2D eigenvalue weighted by Crippen LogP contribution is -2.03. The fourth-order valence-corrected chi connectivity index (χ4v) is 2.13. The van der Waals surface area contributed by atoms with Gasteiger partial charge in [0.25, 0.3) is 0 Å². The normalized spacial score (nSPS) is 10.9. The Labute approximate surface area is 106 Å². The van der Waals surface area contributed by atoms with Crippen LogP contribution in [0.25, 0.3) is 16.7 Å². The molecule has 86 valence electrons. The first-order valence-corrected chi connectivity index (χ1v) is 5.69. The summed E-state index contributed by atoms with van der Waals surface area (Å²) in [6, 6.07) is 12.7. The first-order valence-electron chi connectivity index (χ1n) is 5.69. The molecule has 3 nitrogen and oxygen atoms in total. The number of phenolic OH excluding ortho intramolecular Hbond substituents is 1. The van der Waals surface area contributed by atoms with Crippen LogP contribution in [0.4, 0.5) is 0 Å². The molecule has 1 aromatic heterocycles. The Morgan fingerprint density at radius 2 is 1.83 bits per heavy atom. The predicted molar refractivity (Wildman–Crippen MR) is 72.9 cm³/mol. The summed E-state index contributed by atoms with van der Waals surface area (Å²) in [5, 5.41) is 9.59. The van der Waals surface area contributed by atoms with Crippen molar-refractivity contribution >= 4 is 24.3 Å². The molecule has 3 aromatic rings. The van der Waals surface area contributed by atoms with Crippen LogP contribution in [0.2, 0.25) is 0 Å². The monoisotopic (exact) mass is 234 g/mol. The van der Waals surface area contributed by atoms with Crippen LogP contribution in [0.3, 0.4) is 0 Å². The van der Waals surface area contributed by atoms with Crippen LogP contribution >= 0.6 is 0 Å². The van der Waals surface area contributed by atoms with Crippen LogP contribution in [0, 0.1) is 6.92 Å². The van der Waals surface area contributed by atoms with E-state index in [4.69, 9.17) is 7.85 Å². The van der Waals surface area contributed by atoms with Gasteiger partial charge in [-0.2, -0.15) is 0 Å². The van der Waals surface area contributed by atoms with E-state index in [1.165, 1.54) is 0 Å². The van der Waals surface area contributed by atoms with Gasteiger partial charge in [-0.1, -0.05) is 17.6 Å². The van der Waals surface area contributed by atoms with Crippen molar-refractivity contribution in [2.45, 2.75) is 6.92 Å². The molecule has 0 spiro atoms. The molecule has 2 aromatic carbocycles. The molecule has 1 heterocycles. The number of imidazole rings is 1. The zero-order valence-corrected chi connectivity index (χ0v) is 9.96. The lowest BCUT2D eigenvalue weighted by atomic mass is 9.96. The maximum Gasteiger partial charge on any atom is 0.117 e. The summed E-state index contributed by atoms with van der Waals surface area (Å²) in [5.74, 6) is 1.11. The molecule has 0 aliphatic heterocycles. The van der Waals surface area contributed by atoms with E-state index in [0.717, 1.165) is 28.0 Å². The number of phenols is 1. The van der Waals surface area contributed by atoms with Crippen LogP contribution < -0.4 is 5.46 Å². The number of aryl methyl sites for hydroxylation is 1. The largest absolute Gasteiger partial charge is 0.508 e. The van der Waals surface area contributed by atoms with Crippen molar-refractivity contribution in [3.63, 3.8) is 0 Å². The molecule has 0 saturated heterocycles. The van der Waals surface area contributed by atoms with E-state index in [1.807, 2.05) is 41.8 Å². The highest BCUT2D eigenvalue weighted by Gasteiger charge is 2.09. The van der Waals surface area contributed by atoms with Crippen LogP contribution in [0.15, 0.2) is 42.5 Å². The third-order valence-corrected chi connectivity index (χ3v) is 2.96. The topological polar surface area (TPSA) is 38.0 Å². The van der Waals surface area contributed by atoms with Crippen LogP contribution in [-0.2, 0) is 0 Å². The molecular formula is C14H11BN2O. The molecule has 2 radical (unpaired) electrons. The number of fused-ring (bicyclic) bond motifs is 1. The Kier molecular flexibility index (Phi) is 2.37. The van der Waals surface area contributed by atoms with Crippen LogP contribution in [-0.4, -0.2) is 22.5 Å². The lowest BCUT2D eigenvalue weighted by molar-refractivity contribution is 0.476. The molecule has 0 aliphatic carbocycles. The number of nitrogens with zero attached hydrogens (tertiary/aromatic N) is 2. The first-order chi connectivity index (χ1) is 8.65. The molecule has 0 saturated carbocycles. The van der Waals surface area contributed by atoms with Crippen molar-refractivity contribution < 1.29 is 5.11 Å². The zero-order chi connectivity index (χ0) is 12.7. The molecule has 0 fully saturated rings. The molecule has 3 rings (SSSR count). The second-order valence-corrected chi connectivity index (χ2v) is 4.26. The summed E-state index contributed by atoms with van der Waals surface area (Å²) in [4.78, 5) is 4.47. The highest BCUT2D eigenvalue weighted by molar-refractivity contribution is 6.32. The van der Waals surface area contributed by atoms with E-state index in [-0.39, 0.29) is 5.75 Å². The second kappa shape index (κ2) is 3.91. The first kappa shape index (κ1) is 10.9. The van der Waals surface area contributed by atoms with E-state index >= 15 is 0 Å². The van der Waals surface area contributed by atoms with Gasteiger partial charge in [0, 0.05) is 11.8 Å². The Bertz CT molecular complexity index is 716. The quantitative estimate of drug-likeness (QED) is 0.652. The Balaban J connectivity index is 2.30. The minimum Gasteiger partial charge on any atom is -0.508 e. The molecular weight excluding hydrogens is 223 g/mol. The number of benzene rings is 2. The minimum atomic E-state index is 0.235. The van der Waals surface area contributed by atoms with Crippen molar-refractivity contribution in [3.05, 3.63) is 48.3 Å². The number of hydrogen-bond acceptors (Lipinski definition) is 2. The molecule has 0 bridgehead atoms. The molecule has 0 unspecified atom stereocenters. The van der Waals surface area contributed by atoms with E-state index in [0.29, 0.717) is 0 Å². The summed E-state index contributed by atoms with van der Waals surface area (Å²) < 4.78 is 1.99. The Morgan fingerprint density at radius 1 is 1.11 bits per heavy atom. The SMILES string of the molecule is [B]c1ccc(-n2c(C)nc3ccc(O)cc32)cc1. The van der Waals surface area contributed by atoms with Gasteiger partial charge < -0.3 is 5.11 Å². The minimum absolute atomic E-state index is 0.235. The maximum atomic E-state index is 9.59. The summed E-state index contributed by atoms with van der Waals surface area (Å²) >= 11 is 0. The highest BCUT2D eigenvalue weighted by atomic mass is 16.3. The number of aromatic nitrogens is 2. The Morgan fingerprint density at radius 3 is 2.56 bits per heavy atom. The molecule has 1 N–H and O–H groups in total. The average Bonchev–Trinajstić information content (AvgIpc) is 2.66. The summed E-state index contributed by atoms with van der Waals surface area (Å²) in [5.41, 5.74) is 3.46. The Hall–Kier alpha value is -2.23. The van der Waals surface area contributed by atoms with Crippen molar-refractivity contribution in [2.24, 2.45) is 0 Å². The maximum absolute atomic E-state index is 9.59. The molecule has 0 amide bonds. The van der Waals surface area contributed by atoms with Gasteiger partial charge in [0.2, 0.25) is 0 Å². The van der Waals surface area contributed by atoms with Gasteiger partial charge in [-0.15, -0.1) is 0 Å². The summed E-state index contributed by atoms with van der Waals surface area (Å²) in [7, 11) is 5.69. The fourth-order valence-electron chi connectivity index (χ4n) is 2.13. The van der Waals surface area contributed by atoms with E-state index in [1.54, 1.807) is 12.1 Å². The van der Waals surface area contributed by atoms with Gasteiger partial charge in [0.1, 0.15) is 19.4 Å². The molecule has 18 heavy (non-hydrogen) atoms. The molecule has 0 aliphatic rings. The van der Waals surface area contributed by atoms with E-state index in [9.17, 15) is 5.11 Å². The van der Waals surface area contributed by atoms with Gasteiger partial charge in [0.15, 0.2) is 0 Å².